The molecule has 1 N–H and O–H groups in total. The summed E-state index contributed by atoms with van der Waals surface area (Å²) in [5.74, 6) is 0.0320. The lowest BCUT2D eigenvalue weighted by Gasteiger charge is -2.01. The fourth-order valence-electron chi connectivity index (χ4n) is 2.36. The third kappa shape index (κ3) is 10.1. The molecule has 3 nitrogen and oxygen atoms in total. The number of rotatable bonds is 12. The smallest absolute Gasteiger partial charge is 0.240 e. The molecule has 0 fully saturated rings. The average molecular weight is 302 g/mol. The van der Waals surface area contributed by atoms with E-state index in [9.17, 15) is 4.79 Å². The fourth-order valence-corrected chi connectivity index (χ4v) is 2.36. The van der Waals surface area contributed by atoms with Gasteiger partial charge in [0.15, 0.2) is 0 Å². The summed E-state index contributed by atoms with van der Waals surface area (Å²) in [5, 5.41) is 4.00. The van der Waals surface area contributed by atoms with Gasteiger partial charge >= 0.3 is 0 Å². The number of aryl methyl sites for hydroxylation is 1. The average Bonchev–Trinajstić information content (AvgIpc) is 2.54. The molecule has 0 bridgehead atoms. The zero-order valence-electron chi connectivity index (χ0n) is 13.9. The van der Waals surface area contributed by atoms with E-state index in [1.54, 1.807) is 6.21 Å². The van der Waals surface area contributed by atoms with Crippen molar-refractivity contribution < 1.29 is 4.79 Å². The van der Waals surface area contributed by atoms with E-state index >= 15 is 0 Å². The lowest BCUT2D eigenvalue weighted by Crippen LogP contribution is -2.16. The van der Waals surface area contributed by atoms with Crippen LogP contribution in [0.25, 0.3) is 0 Å². The van der Waals surface area contributed by atoms with E-state index in [1.165, 1.54) is 37.7 Å². The van der Waals surface area contributed by atoms with Crippen molar-refractivity contribution in [2.75, 3.05) is 0 Å². The summed E-state index contributed by atoms with van der Waals surface area (Å²) in [6.07, 6.45) is 12.8. The van der Waals surface area contributed by atoms with Gasteiger partial charge in [0, 0.05) is 12.6 Å². The molecule has 3 heteroatoms. The van der Waals surface area contributed by atoms with E-state index < -0.39 is 0 Å². The van der Waals surface area contributed by atoms with Crippen LogP contribution in [0.2, 0.25) is 0 Å². The van der Waals surface area contributed by atoms with Crippen LogP contribution in [0, 0.1) is 0 Å². The number of hydrogen-bond acceptors (Lipinski definition) is 2. The molecule has 22 heavy (non-hydrogen) atoms. The van der Waals surface area contributed by atoms with Crippen LogP contribution in [0.3, 0.4) is 0 Å². The number of carbonyl (C=O) groups is 1. The minimum atomic E-state index is 0.0320. The lowest BCUT2D eigenvalue weighted by molar-refractivity contribution is -0.121. The summed E-state index contributed by atoms with van der Waals surface area (Å²) < 4.78 is 0. The van der Waals surface area contributed by atoms with Crippen LogP contribution in [0.1, 0.15) is 70.3 Å². The molecule has 0 unspecified atom stereocenters. The van der Waals surface area contributed by atoms with E-state index in [-0.39, 0.29) is 5.91 Å². The molecule has 0 radical (unpaired) electrons. The van der Waals surface area contributed by atoms with E-state index in [0.717, 1.165) is 25.7 Å². The maximum atomic E-state index is 11.6. The van der Waals surface area contributed by atoms with Crippen molar-refractivity contribution in [3.8, 4) is 0 Å². The SMILES string of the molecule is CCCCCCCCCC(=O)NN=CCCc1ccccc1. The van der Waals surface area contributed by atoms with Crippen molar-refractivity contribution in [3.63, 3.8) is 0 Å². The first-order valence-corrected chi connectivity index (χ1v) is 8.67. The first-order chi connectivity index (χ1) is 10.8. The molecule has 1 amide bonds. The molecule has 1 rings (SSSR count). The quantitative estimate of drug-likeness (QED) is 0.334. The number of nitrogens with one attached hydrogen (secondary N) is 1. The normalized spacial score (nSPS) is 11.0. The van der Waals surface area contributed by atoms with E-state index in [4.69, 9.17) is 0 Å². The van der Waals surface area contributed by atoms with Gasteiger partial charge in [-0.25, -0.2) is 5.43 Å². The molecule has 0 atom stereocenters. The monoisotopic (exact) mass is 302 g/mol. The van der Waals surface area contributed by atoms with Gasteiger partial charge in [0.25, 0.3) is 0 Å². The highest BCUT2D eigenvalue weighted by Gasteiger charge is 1.99. The van der Waals surface area contributed by atoms with Crippen molar-refractivity contribution in [2.45, 2.75) is 71.1 Å². The molecule has 0 saturated carbocycles. The maximum Gasteiger partial charge on any atom is 0.240 e. The largest absolute Gasteiger partial charge is 0.273 e. The van der Waals surface area contributed by atoms with Gasteiger partial charge in [-0.1, -0.05) is 75.8 Å². The molecule has 0 aromatic heterocycles. The predicted molar refractivity (Wildman–Crippen MR) is 94.0 cm³/mol. The number of nitrogens with zero attached hydrogens (tertiary/aromatic N) is 1. The summed E-state index contributed by atoms with van der Waals surface area (Å²) in [7, 11) is 0. The number of hydrogen-bond donors (Lipinski definition) is 1. The van der Waals surface area contributed by atoms with Crippen LogP contribution in [-0.4, -0.2) is 12.1 Å². The first-order valence-electron chi connectivity index (χ1n) is 8.67. The molecule has 0 aliphatic heterocycles. The number of unbranched alkanes of at least 4 members (excludes halogenated alkanes) is 6. The Morgan fingerprint density at radius 3 is 2.45 bits per heavy atom. The number of benzene rings is 1. The Morgan fingerprint density at radius 1 is 1.05 bits per heavy atom. The Hall–Kier alpha value is -1.64. The molecular weight excluding hydrogens is 272 g/mol. The summed E-state index contributed by atoms with van der Waals surface area (Å²) in [4.78, 5) is 11.6. The van der Waals surface area contributed by atoms with Crippen molar-refractivity contribution in [1.29, 1.82) is 0 Å². The van der Waals surface area contributed by atoms with Crippen LogP contribution in [-0.2, 0) is 11.2 Å². The Balaban J connectivity index is 1.95. The second kappa shape index (κ2) is 13.1. The maximum absolute atomic E-state index is 11.6. The van der Waals surface area contributed by atoms with E-state index in [1.807, 2.05) is 18.2 Å². The van der Waals surface area contributed by atoms with Gasteiger partial charge in [0.2, 0.25) is 5.91 Å². The highest BCUT2D eigenvalue weighted by atomic mass is 16.2. The highest BCUT2D eigenvalue weighted by Crippen LogP contribution is 2.08. The topological polar surface area (TPSA) is 41.5 Å². The third-order valence-corrected chi connectivity index (χ3v) is 3.69. The van der Waals surface area contributed by atoms with Gasteiger partial charge in [0.05, 0.1) is 0 Å². The predicted octanol–water partition coefficient (Wildman–Crippen LogP) is 4.86. The van der Waals surface area contributed by atoms with Gasteiger partial charge < -0.3 is 0 Å². The summed E-state index contributed by atoms with van der Waals surface area (Å²) in [5.41, 5.74) is 3.91. The standard InChI is InChI=1S/C19H30N2O/c1-2-3-4-5-6-7-11-16-19(22)21-20-17-12-15-18-13-9-8-10-14-18/h8-10,13-14,17H,2-7,11-12,15-16H2,1H3,(H,21,22). The number of carbonyl (C=O) groups excluding carboxylic acids is 1. The Bertz CT molecular complexity index is 415. The zero-order valence-corrected chi connectivity index (χ0v) is 13.9. The Kier molecular flexibility index (Phi) is 10.9. The van der Waals surface area contributed by atoms with Gasteiger partial charge in [0.1, 0.15) is 0 Å². The van der Waals surface area contributed by atoms with Crippen LogP contribution in [0.15, 0.2) is 35.4 Å². The van der Waals surface area contributed by atoms with Crippen LogP contribution >= 0.6 is 0 Å². The van der Waals surface area contributed by atoms with E-state index in [0.29, 0.717) is 6.42 Å². The van der Waals surface area contributed by atoms with Crippen LogP contribution < -0.4 is 5.43 Å². The summed E-state index contributed by atoms with van der Waals surface area (Å²) in [6.45, 7) is 2.23. The lowest BCUT2D eigenvalue weighted by atomic mass is 10.1. The van der Waals surface area contributed by atoms with Gasteiger partial charge in [-0.3, -0.25) is 4.79 Å². The number of amides is 1. The molecule has 1 aromatic carbocycles. The van der Waals surface area contributed by atoms with Crippen molar-refractivity contribution in [1.82, 2.24) is 5.43 Å². The van der Waals surface area contributed by atoms with Crippen LogP contribution in [0.4, 0.5) is 0 Å². The van der Waals surface area contributed by atoms with Crippen molar-refractivity contribution >= 4 is 12.1 Å². The fraction of sp³-hybridized carbons (Fsp3) is 0.579. The van der Waals surface area contributed by atoms with Gasteiger partial charge in [-0.05, 0) is 24.8 Å². The molecule has 0 saturated heterocycles. The zero-order chi connectivity index (χ0) is 15.9. The van der Waals surface area contributed by atoms with Crippen molar-refractivity contribution in [2.24, 2.45) is 5.10 Å². The minimum absolute atomic E-state index is 0.0320. The van der Waals surface area contributed by atoms with Crippen LogP contribution in [0.5, 0.6) is 0 Å². The number of hydrazone groups is 1. The van der Waals surface area contributed by atoms with Crippen molar-refractivity contribution in [3.05, 3.63) is 35.9 Å². The second-order valence-electron chi connectivity index (χ2n) is 5.74. The third-order valence-electron chi connectivity index (χ3n) is 3.69. The minimum Gasteiger partial charge on any atom is -0.273 e. The summed E-state index contributed by atoms with van der Waals surface area (Å²) >= 11 is 0. The first kappa shape index (κ1) is 18.4. The van der Waals surface area contributed by atoms with Gasteiger partial charge in [-0.2, -0.15) is 5.10 Å². The van der Waals surface area contributed by atoms with Gasteiger partial charge in [-0.15, -0.1) is 0 Å². The molecule has 0 aliphatic rings. The molecule has 0 heterocycles. The molecule has 122 valence electrons. The summed E-state index contributed by atoms with van der Waals surface area (Å²) in [6, 6.07) is 10.3. The van der Waals surface area contributed by atoms with E-state index in [2.05, 4.69) is 29.6 Å². The highest BCUT2D eigenvalue weighted by molar-refractivity contribution is 5.76. The molecule has 0 spiro atoms. The second-order valence-corrected chi connectivity index (χ2v) is 5.74. The Morgan fingerprint density at radius 2 is 1.73 bits per heavy atom. The Labute approximate surface area is 135 Å². The molecular formula is C19H30N2O. The molecule has 0 aliphatic carbocycles. The molecule has 1 aromatic rings.